The predicted octanol–water partition coefficient (Wildman–Crippen LogP) is 2.51. The van der Waals surface area contributed by atoms with Gasteiger partial charge in [-0.25, -0.2) is 9.78 Å². The van der Waals surface area contributed by atoms with E-state index in [9.17, 15) is 4.79 Å². The van der Waals surface area contributed by atoms with Gasteiger partial charge < -0.3 is 15.2 Å². The van der Waals surface area contributed by atoms with Crippen molar-refractivity contribution < 1.29 is 4.79 Å². The van der Waals surface area contributed by atoms with Crippen LogP contribution in [0.4, 0.5) is 10.5 Å². The van der Waals surface area contributed by atoms with Crippen LogP contribution in [-0.4, -0.2) is 30.6 Å². The number of aryl methyl sites for hydroxylation is 1. The van der Waals surface area contributed by atoms with Gasteiger partial charge in [0.1, 0.15) is 11.5 Å². The molecule has 1 aromatic carbocycles. The first-order valence-corrected chi connectivity index (χ1v) is 8.51. The molecule has 2 aromatic heterocycles. The number of carbonyl (C=O) groups excluding carboxylic acids is 1. The fourth-order valence-corrected chi connectivity index (χ4v) is 2.71. The van der Waals surface area contributed by atoms with Crippen molar-refractivity contribution in [2.45, 2.75) is 32.9 Å². The molecule has 3 aromatic rings. The molecule has 26 heavy (non-hydrogen) atoms. The van der Waals surface area contributed by atoms with Gasteiger partial charge in [-0.15, -0.1) is 0 Å². The number of urea groups is 1. The summed E-state index contributed by atoms with van der Waals surface area (Å²) in [5.74, 6) is 1.41. The normalized spacial score (nSPS) is 10.9. The Bertz CT molecular complexity index is 881. The van der Waals surface area contributed by atoms with Gasteiger partial charge in [-0.05, 0) is 17.7 Å². The van der Waals surface area contributed by atoms with Crippen LogP contribution in [0.25, 0.3) is 0 Å². The molecule has 0 bridgehead atoms. The summed E-state index contributed by atoms with van der Waals surface area (Å²) in [6.07, 6.45) is 5.42. The van der Waals surface area contributed by atoms with E-state index in [1.54, 1.807) is 13.2 Å². The lowest BCUT2D eigenvalue weighted by Crippen LogP contribution is -2.28. The second kappa shape index (κ2) is 7.81. The summed E-state index contributed by atoms with van der Waals surface area (Å²) in [7, 11) is 1.74. The highest BCUT2D eigenvalue weighted by molar-refractivity contribution is 5.89. The van der Waals surface area contributed by atoms with Crippen LogP contribution in [0.3, 0.4) is 0 Å². The Kier molecular flexibility index (Phi) is 5.31. The Morgan fingerprint density at radius 3 is 2.88 bits per heavy atom. The number of amides is 2. The number of anilines is 1. The molecule has 3 rings (SSSR count). The second-order valence-electron chi connectivity index (χ2n) is 6.40. The highest BCUT2D eigenvalue weighted by atomic mass is 16.2. The third-order valence-electron chi connectivity index (χ3n) is 3.88. The average Bonchev–Trinajstić information content (AvgIpc) is 3.22. The smallest absolute Gasteiger partial charge is 0.319 e. The number of nitrogens with zero attached hydrogens (tertiary/aromatic N) is 5. The Morgan fingerprint density at radius 1 is 1.31 bits per heavy atom. The zero-order valence-electron chi connectivity index (χ0n) is 15.2. The summed E-state index contributed by atoms with van der Waals surface area (Å²) in [5, 5.41) is 13.7. The fraction of sp³-hybridized carbons (Fsp3) is 0.333. The Hall–Kier alpha value is -3.16. The number of carbonyl (C=O) groups is 1. The molecule has 0 saturated heterocycles. The molecular formula is C18H23N7O. The molecule has 8 nitrogen and oxygen atoms in total. The van der Waals surface area contributed by atoms with E-state index in [1.807, 2.05) is 36.7 Å². The minimum Gasteiger partial charge on any atom is -0.332 e. The molecule has 0 fully saturated rings. The van der Waals surface area contributed by atoms with Crippen LogP contribution >= 0.6 is 0 Å². The molecule has 0 spiro atoms. The van der Waals surface area contributed by atoms with E-state index in [2.05, 4.69) is 44.2 Å². The van der Waals surface area contributed by atoms with Crippen LogP contribution < -0.4 is 10.6 Å². The first kappa shape index (κ1) is 17.7. The highest BCUT2D eigenvalue weighted by Gasteiger charge is 2.08. The van der Waals surface area contributed by atoms with Crippen LogP contribution in [0.2, 0.25) is 0 Å². The Labute approximate surface area is 152 Å². The molecule has 0 radical (unpaired) electrons. The van der Waals surface area contributed by atoms with E-state index in [-0.39, 0.29) is 6.03 Å². The van der Waals surface area contributed by atoms with Crippen molar-refractivity contribution in [3.05, 3.63) is 59.9 Å². The van der Waals surface area contributed by atoms with Crippen LogP contribution in [0.1, 0.15) is 36.8 Å². The van der Waals surface area contributed by atoms with Crippen molar-refractivity contribution in [2.75, 3.05) is 5.32 Å². The van der Waals surface area contributed by atoms with E-state index >= 15 is 0 Å². The van der Waals surface area contributed by atoms with Crippen molar-refractivity contribution in [3.8, 4) is 0 Å². The monoisotopic (exact) mass is 353 g/mol. The molecule has 2 N–H and O–H groups in total. The van der Waals surface area contributed by atoms with Crippen LogP contribution in [-0.2, 0) is 20.1 Å². The summed E-state index contributed by atoms with van der Waals surface area (Å²) in [4.78, 5) is 17.9. The molecule has 2 heterocycles. The van der Waals surface area contributed by atoms with E-state index in [0.29, 0.717) is 24.7 Å². The third-order valence-corrected chi connectivity index (χ3v) is 3.88. The third kappa shape index (κ3) is 4.47. The van der Waals surface area contributed by atoms with Gasteiger partial charge in [-0.2, -0.15) is 15.0 Å². The first-order valence-electron chi connectivity index (χ1n) is 8.51. The molecular weight excluding hydrogens is 330 g/mol. The van der Waals surface area contributed by atoms with Gasteiger partial charge in [-0.3, -0.25) is 0 Å². The van der Waals surface area contributed by atoms with Crippen molar-refractivity contribution in [2.24, 2.45) is 7.05 Å². The molecule has 0 aliphatic rings. The molecule has 0 unspecified atom stereocenters. The lowest BCUT2D eigenvalue weighted by molar-refractivity contribution is 0.251. The molecule has 0 saturated carbocycles. The van der Waals surface area contributed by atoms with Crippen molar-refractivity contribution in [1.82, 2.24) is 29.9 Å². The summed E-state index contributed by atoms with van der Waals surface area (Å²) in [5.41, 5.74) is 2.54. The number of hydrogen-bond donors (Lipinski definition) is 2. The quantitative estimate of drug-likeness (QED) is 0.712. The summed E-state index contributed by atoms with van der Waals surface area (Å²) < 4.78 is 2.12. The van der Waals surface area contributed by atoms with Gasteiger partial charge in [0.15, 0.2) is 0 Å². The molecule has 0 aliphatic carbocycles. The van der Waals surface area contributed by atoms with E-state index < -0.39 is 0 Å². The second-order valence-corrected chi connectivity index (χ2v) is 6.40. The SMILES string of the molecule is CC(C)c1nccn1Cc1cccc(NC(=O)NCc2cnn(C)n2)c1. The number of rotatable bonds is 6. The molecule has 2 amide bonds. The van der Waals surface area contributed by atoms with Gasteiger partial charge in [-0.1, -0.05) is 26.0 Å². The van der Waals surface area contributed by atoms with Gasteiger partial charge in [0.25, 0.3) is 0 Å². The number of nitrogens with one attached hydrogen (secondary N) is 2. The zero-order valence-corrected chi connectivity index (χ0v) is 15.2. The van der Waals surface area contributed by atoms with Crippen LogP contribution in [0, 0.1) is 0 Å². The first-order chi connectivity index (χ1) is 12.5. The molecule has 0 atom stereocenters. The van der Waals surface area contributed by atoms with Gasteiger partial charge in [0.05, 0.1) is 12.7 Å². The van der Waals surface area contributed by atoms with Gasteiger partial charge in [0, 0.05) is 37.6 Å². The van der Waals surface area contributed by atoms with Gasteiger partial charge in [0.2, 0.25) is 0 Å². The maximum absolute atomic E-state index is 12.1. The van der Waals surface area contributed by atoms with Crippen LogP contribution in [0.15, 0.2) is 42.9 Å². The largest absolute Gasteiger partial charge is 0.332 e. The van der Waals surface area contributed by atoms with Crippen molar-refractivity contribution >= 4 is 11.7 Å². The summed E-state index contributed by atoms with van der Waals surface area (Å²) in [6, 6.07) is 7.51. The minimum absolute atomic E-state index is 0.279. The topological polar surface area (TPSA) is 89.7 Å². The van der Waals surface area contributed by atoms with E-state index in [0.717, 1.165) is 17.1 Å². The maximum Gasteiger partial charge on any atom is 0.319 e. The lowest BCUT2D eigenvalue weighted by Gasteiger charge is -2.12. The average molecular weight is 353 g/mol. The van der Waals surface area contributed by atoms with E-state index in [4.69, 9.17) is 0 Å². The standard InChI is InChI=1S/C18H23N7O/c1-13(2)17-19-7-8-25(17)12-14-5-4-6-15(9-14)22-18(26)20-10-16-11-21-24(3)23-16/h4-9,11,13H,10,12H2,1-3H3,(H2,20,22,26). The molecule has 8 heteroatoms. The van der Waals surface area contributed by atoms with E-state index in [1.165, 1.54) is 4.80 Å². The molecule has 0 aliphatic heterocycles. The van der Waals surface area contributed by atoms with Crippen molar-refractivity contribution in [3.63, 3.8) is 0 Å². The summed E-state index contributed by atoms with van der Waals surface area (Å²) in [6.45, 7) is 5.28. The minimum atomic E-state index is -0.279. The number of imidazole rings is 1. The zero-order chi connectivity index (χ0) is 18.5. The van der Waals surface area contributed by atoms with Gasteiger partial charge >= 0.3 is 6.03 Å². The number of aromatic nitrogens is 5. The lowest BCUT2D eigenvalue weighted by atomic mass is 10.1. The Balaban J connectivity index is 1.60. The number of benzene rings is 1. The highest BCUT2D eigenvalue weighted by Crippen LogP contribution is 2.16. The predicted molar refractivity (Wildman–Crippen MR) is 98.7 cm³/mol. The fourth-order valence-electron chi connectivity index (χ4n) is 2.71. The Morgan fingerprint density at radius 2 is 2.15 bits per heavy atom. The van der Waals surface area contributed by atoms with Crippen molar-refractivity contribution in [1.29, 1.82) is 0 Å². The van der Waals surface area contributed by atoms with Crippen LogP contribution in [0.5, 0.6) is 0 Å². The molecule has 136 valence electrons. The summed E-state index contributed by atoms with van der Waals surface area (Å²) >= 11 is 0. The number of hydrogen-bond acceptors (Lipinski definition) is 4. The maximum atomic E-state index is 12.1.